The molecule has 0 fully saturated rings. The van der Waals surface area contributed by atoms with Crippen molar-refractivity contribution < 1.29 is 24.2 Å². The number of rotatable bonds is 16. The molecule has 0 saturated heterocycles. The normalized spacial score (nSPS) is 12.3. The summed E-state index contributed by atoms with van der Waals surface area (Å²) in [5.41, 5.74) is 1.52. The summed E-state index contributed by atoms with van der Waals surface area (Å²) in [5.74, 6) is 0.180. The van der Waals surface area contributed by atoms with Crippen LogP contribution in [0.5, 0.6) is 11.5 Å². The number of nitrogens with zero attached hydrogens (tertiary/aromatic N) is 1. The van der Waals surface area contributed by atoms with Gasteiger partial charge in [0.05, 0.1) is 6.61 Å². The first-order chi connectivity index (χ1) is 19.3. The van der Waals surface area contributed by atoms with E-state index in [2.05, 4.69) is 31.3 Å². The molecule has 0 aliphatic carbocycles. The number of unbranched alkanes of at least 4 members (excludes halogenated alkanes) is 1. The van der Waals surface area contributed by atoms with Crippen molar-refractivity contribution in [1.29, 1.82) is 0 Å². The molecular formula is C33H42N2O5. The maximum Gasteiger partial charge on any atom is 0.348 e. The van der Waals surface area contributed by atoms with Crippen LogP contribution < -0.4 is 14.8 Å². The van der Waals surface area contributed by atoms with Gasteiger partial charge in [-0.25, -0.2) is 9.59 Å². The topological polar surface area (TPSA) is 88.1 Å². The van der Waals surface area contributed by atoms with Crippen LogP contribution in [0.4, 0.5) is 10.5 Å². The van der Waals surface area contributed by atoms with Crippen LogP contribution in [-0.2, 0) is 17.6 Å². The molecule has 0 saturated carbocycles. The highest BCUT2D eigenvalue weighted by Crippen LogP contribution is 2.24. The van der Waals surface area contributed by atoms with Gasteiger partial charge in [-0.1, -0.05) is 62.7 Å². The molecule has 3 aromatic rings. The van der Waals surface area contributed by atoms with Crippen molar-refractivity contribution in [2.45, 2.75) is 64.9 Å². The highest BCUT2D eigenvalue weighted by molar-refractivity contribution is 5.89. The first-order valence-electron chi connectivity index (χ1n) is 14.2. The third-order valence-electron chi connectivity index (χ3n) is 6.65. The average molecular weight is 547 g/mol. The number of carboxylic acids is 1. The monoisotopic (exact) mass is 546 g/mol. The van der Waals surface area contributed by atoms with Crippen LogP contribution in [0.15, 0.2) is 78.9 Å². The third-order valence-corrected chi connectivity index (χ3v) is 6.65. The Morgan fingerprint density at radius 2 is 1.50 bits per heavy atom. The molecule has 2 N–H and O–H groups in total. The van der Waals surface area contributed by atoms with Crippen molar-refractivity contribution in [3.05, 3.63) is 90.0 Å². The summed E-state index contributed by atoms with van der Waals surface area (Å²) in [5, 5.41) is 12.8. The van der Waals surface area contributed by atoms with Gasteiger partial charge in [-0.3, -0.25) is 0 Å². The maximum atomic E-state index is 12.9. The summed E-state index contributed by atoms with van der Waals surface area (Å²) in [4.78, 5) is 26.7. The van der Waals surface area contributed by atoms with Crippen LogP contribution in [0.25, 0.3) is 0 Å². The van der Waals surface area contributed by atoms with Gasteiger partial charge >= 0.3 is 12.0 Å². The molecule has 3 aromatic carbocycles. The molecule has 3 rings (SSSR count). The highest BCUT2D eigenvalue weighted by atomic mass is 16.5. The zero-order chi connectivity index (χ0) is 28.8. The van der Waals surface area contributed by atoms with Gasteiger partial charge in [-0.2, -0.15) is 0 Å². The molecule has 7 nitrogen and oxygen atoms in total. The van der Waals surface area contributed by atoms with Crippen LogP contribution in [0.3, 0.4) is 0 Å². The number of amides is 2. The molecule has 0 aromatic heterocycles. The van der Waals surface area contributed by atoms with Gasteiger partial charge in [-0.15, -0.1) is 0 Å². The van der Waals surface area contributed by atoms with Crippen molar-refractivity contribution >= 4 is 17.7 Å². The lowest BCUT2D eigenvalue weighted by molar-refractivity contribution is -0.153. The summed E-state index contributed by atoms with van der Waals surface area (Å²) in [6.07, 6.45) is 5.15. The summed E-state index contributed by atoms with van der Waals surface area (Å²) in [6.45, 7) is 7.53. The number of aryl methyl sites for hydroxylation is 1. The van der Waals surface area contributed by atoms with Crippen LogP contribution in [0, 0.1) is 0 Å². The van der Waals surface area contributed by atoms with Crippen molar-refractivity contribution in [3.63, 3.8) is 0 Å². The molecule has 0 heterocycles. The van der Waals surface area contributed by atoms with Crippen molar-refractivity contribution in [2.24, 2.45) is 0 Å². The predicted octanol–water partition coefficient (Wildman–Crippen LogP) is 7.21. The molecule has 0 radical (unpaired) electrons. The lowest BCUT2D eigenvalue weighted by Gasteiger charge is -2.26. The Morgan fingerprint density at radius 3 is 2.12 bits per heavy atom. The maximum absolute atomic E-state index is 12.9. The molecule has 1 atom stereocenters. The fourth-order valence-corrected chi connectivity index (χ4v) is 4.37. The molecule has 0 aliphatic rings. The van der Waals surface area contributed by atoms with E-state index in [4.69, 9.17) is 9.47 Å². The third kappa shape index (κ3) is 9.63. The first kappa shape index (κ1) is 30.5. The number of ether oxygens (including phenoxy) is 2. The minimum atomic E-state index is -1.40. The van der Waals surface area contributed by atoms with E-state index in [1.54, 1.807) is 19.1 Å². The quantitative estimate of drug-likeness (QED) is 0.185. The number of carbonyl (C=O) groups excluding carboxylic acids is 1. The molecular weight excluding hydrogens is 504 g/mol. The minimum Gasteiger partial charge on any atom is -0.494 e. The lowest BCUT2D eigenvalue weighted by atomic mass is 9.96. The zero-order valence-electron chi connectivity index (χ0n) is 23.9. The molecule has 2 amide bonds. The number of hydrogen-bond donors (Lipinski definition) is 2. The highest BCUT2D eigenvalue weighted by Gasteiger charge is 2.36. The number of urea groups is 1. The Kier molecular flexibility index (Phi) is 11.9. The fraction of sp³-hybridized carbons (Fsp3) is 0.394. The van der Waals surface area contributed by atoms with Gasteiger partial charge < -0.3 is 24.8 Å². The van der Waals surface area contributed by atoms with Crippen LogP contribution in [-0.4, -0.2) is 47.3 Å². The summed E-state index contributed by atoms with van der Waals surface area (Å²) >= 11 is 0. The fourth-order valence-electron chi connectivity index (χ4n) is 4.37. The SMILES string of the molecule is CCCCc1ccc(NC(=O)N(CCC)CCCOc2ccc(C[C@](C)(Oc3ccccc3)C(=O)O)cc2)cc1. The number of benzene rings is 3. The van der Waals surface area contributed by atoms with E-state index in [-0.39, 0.29) is 12.5 Å². The van der Waals surface area contributed by atoms with E-state index in [0.717, 1.165) is 36.9 Å². The van der Waals surface area contributed by atoms with E-state index >= 15 is 0 Å². The number of aliphatic carboxylic acids is 1. The number of carboxylic acid groups (broad SMARTS) is 1. The van der Waals surface area contributed by atoms with Gasteiger partial charge in [0.15, 0.2) is 0 Å². The lowest BCUT2D eigenvalue weighted by Crippen LogP contribution is -2.43. The second kappa shape index (κ2) is 15.6. The van der Waals surface area contributed by atoms with E-state index in [1.165, 1.54) is 5.56 Å². The zero-order valence-corrected chi connectivity index (χ0v) is 23.9. The smallest absolute Gasteiger partial charge is 0.348 e. The van der Waals surface area contributed by atoms with Crippen molar-refractivity contribution in [2.75, 3.05) is 25.0 Å². The van der Waals surface area contributed by atoms with Gasteiger partial charge in [0.2, 0.25) is 5.60 Å². The molecule has 0 bridgehead atoms. The standard InChI is InChI=1S/C33H42N2O5/c1-4-6-11-26-14-18-28(19-15-26)34-32(38)35(22-5-2)23-10-24-39-29-20-16-27(17-21-29)25-33(3,31(36)37)40-30-12-8-7-9-13-30/h7-9,12-21H,4-6,10-11,22-25H2,1-3H3,(H,34,38)(H,36,37)/t33-/m0/s1. The largest absolute Gasteiger partial charge is 0.494 e. The van der Waals surface area contributed by atoms with Crippen molar-refractivity contribution in [3.8, 4) is 11.5 Å². The Bertz CT molecular complexity index is 1180. The second-order valence-electron chi connectivity index (χ2n) is 10.2. The average Bonchev–Trinajstić information content (AvgIpc) is 2.95. The molecule has 0 aliphatic heterocycles. The summed E-state index contributed by atoms with van der Waals surface area (Å²) in [7, 11) is 0. The van der Waals surface area contributed by atoms with E-state index in [9.17, 15) is 14.7 Å². The van der Waals surface area contributed by atoms with Crippen LogP contribution >= 0.6 is 0 Å². The Labute approximate surface area is 238 Å². The van der Waals surface area contributed by atoms with E-state index in [0.29, 0.717) is 37.6 Å². The molecule has 0 unspecified atom stereocenters. The van der Waals surface area contributed by atoms with Crippen molar-refractivity contribution in [1.82, 2.24) is 4.90 Å². The summed E-state index contributed by atoms with van der Waals surface area (Å²) < 4.78 is 11.7. The van der Waals surface area contributed by atoms with Gasteiger partial charge in [0.25, 0.3) is 0 Å². The molecule has 214 valence electrons. The Balaban J connectivity index is 1.47. The summed E-state index contributed by atoms with van der Waals surface area (Å²) in [6, 6.07) is 24.3. The first-order valence-corrected chi connectivity index (χ1v) is 14.2. The number of para-hydroxylation sites is 1. The van der Waals surface area contributed by atoms with Crippen LogP contribution in [0.1, 0.15) is 57.6 Å². The molecule has 0 spiro atoms. The van der Waals surface area contributed by atoms with Gasteiger partial charge in [-0.05, 0) is 80.1 Å². The number of anilines is 1. The predicted molar refractivity (Wildman–Crippen MR) is 159 cm³/mol. The molecule has 40 heavy (non-hydrogen) atoms. The number of nitrogens with one attached hydrogen (secondary N) is 1. The number of carbonyl (C=O) groups is 2. The Morgan fingerprint density at radius 1 is 0.825 bits per heavy atom. The second-order valence-corrected chi connectivity index (χ2v) is 10.2. The van der Waals surface area contributed by atoms with Crippen LogP contribution in [0.2, 0.25) is 0 Å². The minimum absolute atomic E-state index is 0.105. The van der Waals surface area contributed by atoms with Gasteiger partial charge in [0.1, 0.15) is 11.5 Å². The van der Waals surface area contributed by atoms with E-state index in [1.807, 2.05) is 59.5 Å². The van der Waals surface area contributed by atoms with Gasteiger partial charge in [0, 0.05) is 25.2 Å². The molecule has 7 heteroatoms. The Hall–Kier alpha value is -4.00. The number of hydrogen-bond acceptors (Lipinski definition) is 4. The van der Waals surface area contributed by atoms with E-state index < -0.39 is 11.6 Å².